The molecule has 0 saturated carbocycles. The van der Waals surface area contributed by atoms with Crippen LogP contribution in [0.3, 0.4) is 0 Å². The molecular weight excluding hydrogens is 268 g/mol. The molecule has 0 aliphatic heterocycles. The van der Waals surface area contributed by atoms with Gasteiger partial charge in [0, 0.05) is 5.39 Å². The predicted molar refractivity (Wildman–Crippen MR) is 92.4 cm³/mol. The maximum Gasteiger partial charge on any atom is 0.123 e. The molecule has 0 spiro atoms. The van der Waals surface area contributed by atoms with E-state index in [-0.39, 0.29) is 0 Å². The van der Waals surface area contributed by atoms with Crippen molar-refractivity contribution in [3.63, 3.8) is 0 Å². The molecule has 4 aromatic rings. The molecular formula is C21H16O. The molecule has 1 heteroatoms. The average molecular weight is 284 g/mol. The number of hydrogen-bond acceptors (Lipinski definition) is 1. The number of benzene rings is 4. The number of rotatable bonds is 2. The van der Waals surface area contributed by atoms with E-state index in [0.29, 0.717) is 5.75 Å². The Labute approximate surface area is 129 Å². The van der Waals surface area contributed by atoms with Gasteiger partial charge < -0.3 is 5.11 Å². The largest absolute Gasteiger partial charge is 0.507 e. The van der Waals surface area contributed by atoms with Gasteiger partial charge in [-0.1, -0.05) is 66.7 Å². The first-order valence-electron chi connectivity index (χ1n) is 7.49. The molecule has 4 aromatic carbocycles. The fraction of sp³-hybridized carbons (Fsp3) is 0.0476. The van der Waals surface area contributed by atoms with Crippen molar-refractivity contribution in [2.24, 2.45) is 0 Å². The monoisotopic (exact) mass is 284 g/mol. The Kier molecular flexibility index (Phi) is 3.05. The second-order valence-electron chi connectivity index (χ2n) is 5.61. The normalized spacial score (nSPS) is 11.1. The van der Waals surface area contributed by atoms with Crippen molar-refractivity contribution < 1.29 is 5.11 Å². The van der Waals surface area contributed by atoms with E-state index >= 15 is 0 Å². The van der Waals surface area contributed by atoms with E-state index in [2.05, 4.69) is 54.6 Å². The molecule has 0 amide bonds. The van der Waals surface area contributed by atoms with Gasteiger partial charge in [0.2, 0.25) is 0 Å². The molecule has 22 heavy (non-hydrogen) atoms. The number of phenols is 1. The van der Waals surface area contributed by atoms with E-state index in [1.54, 1.807) is 6.07 Å². The minimum absolute atomic E-state index is 0.345. The van der Waals surface area contributed by atoms with Crippen LogP contribution in [0.15, 0.2) is 78.9 Å². The van der Waals surface area contributed by atoms with E-state index in [1.807, 2.05) is 18.2 Å². The van der Waals surface area contributed by atoms with Crippen molar-refractivity contribution >= 4 is 21.5 Å². The molecule has 0 radical (unpaired) electrons. The lowest BCUT2D eigenvalue weighted by molar-refractivity contribution is 0.481. The zero-order valence-corrected chi connectivity index (χ0v) is 12.2. The van der Waals surface area contributed by atoms with Gasteiger partial charge in [0.1, 0.15) is 5.75 Å². The van der Waals surface area contributed by atoms with Crippen LogP contribution in [0, 0.1) is 0 Å². The summed E-state index contributed by atoms with van der Waals surface area (Å²) in [6.45, 7) is 0. The minimum Gasteiger partial charge on any atom is -0.507 e. The SMILES string of the molecule is Oc1cccc2c(Cc3ccccc3)c3ccccc3cc12. The molecule has 0 fully saturated rings. The van der Waals surface area contributed by atoms with Crippen molar-refractivity contribution in [1.29, 1.82) is 0 Å². The van der Waals surface area contributed by atoms with Gasteiger partial charge in [-0.05, 0) is 45.8 Å². The van der Waals surface area contributed by atoms with Crippen LogP contribution in [0.1, 0.15) is 11.1 Å². The number of phenolic OH excluding ortho intramolecular Hbond substituents is 1. The second-order valence-corrected chi connectivity index (χ2v) is 5.61. The molecule has 106 valence electrons. The van der Waals surface area contributed by atoms with Gasteiger partial charge in [0.25, 0.3) is 0 Å². The summed E-state index contributed by atoms with van der Waals surface area (Å²) >= 11 is 0. The maximum atomic E-state index is 10.2. The van der Waals surface area contributed by atoms with E-state index in [9.17, 15) is 5.11 Å². The summed E-state index contributed by atoms with van der Waals surface area (Å²) in [6.07, 6.45) is 0.863. The molecule has 0 aliphatic carbocycles. The highest BCUT2D eigenvalue weighted by Gasteiger charge is 2.10. The molecule has 0 heterocycles. The van der Waals surface area contributed by atoms with E-state index < -0.39 is 0 Å². The Morgan fingerprint density at radius 3 is 2.23 bits per heavy atom. The van der Waals surface area contributed by atoms with Gasteiger partial charge in [-0.15, -0.1) is 0 Å². The van der Waals surface area contributed by atoms with Crippen LogP contribution in [0.4, 0.5) is 0 Å². The zero-order valence-electron chi connectivity index (χ0n) is 12.2. The smallest absolute Gasteiger partial charge is 0.123 e. The number of aromatic hydroxyl groups is 1. The zero-order chi connectivity index (χ0) is 14.9. The van der Waals surface area contributed by atoms with E-state index in [0.717, 1.165) is 17.2 Å². The van der Waals surface area contributed by atoms with Crippen LogP contribution < -0.4 is 0 Å². The lowest BCUT2D eigenvalue weighted by atomic mass is 9.92. The van der Waals surface area contributed by atoms with Crippen LogP contribution in [0.5, 0.6) is 5.75 Å². The summed E-state index contributed by atoms with van der Waals surface area (Å²) in [5, 5.41) is 14.7. The molecule has 1 N–H and O–H groups in total. The van der Waals surface area contributed by atoms with Gasteiger partial charge >= 0.3 is 0 Å². The first-order valence-corrected chi connectivity index (χ1v) is 7.49. The Hall–Kier alpha value is -2.80. The number of hydrogen-bond donors (Lipinski definition) is 1. The standard InChI is InChI=1S/C21H16O/c22-21-12-6-11-18-19(13-15-7-2-1-3-8-15)17-10-5-4-9-16(17)14-20(18)21/h1-12,14,22H,13H2. The lowest BCUT2D eigenvalue weighted by Gasteiger charge is -2.12. The molecule has 0 aromatic heterocycles. The van der Waals surface area contributed by atoms with E-state index in [1.165, 1.54) is 21.9 Å². The molecule has 0 unspecified atom stereocenters. The molecule has 1 nitrogen and oxygen atoms in total. The summed E-state index contributed by atoms with van der Waals surface area (Å²) in [6, 6.07) is 26.7. The van der Waals surface area contributed by atoms with Crippen LogP contribution in [-0.4, -0.2) is 5.11 Å². The van der Waals surface area contributed by atoms with Crippen molar-refractivity contribution in [1.82, 2.24) is 0 Å². The Morgan fingerprint density at radius 2 is 1.36 bits per heavy atom. The third kappa shape index (κ3) is 2.11. The van der Waals surface area contributed by atoms with Crippen molar-refractivity contribution in [2.75, 3.05) is 0 Å². The summed E-state index contributed by atoms with van der Waals surface area (Å²) < 4.78 is 0. The van der Waals surface area contributed by atoms with Crippen LogP contribution >= 0.6 is 0 Å². The third-order valence-corrected chi connectivity index (χ3v) is 4.22. The first-order chi connectivity index (χ1) is 10.8. The fourth-order valence-electron chi connectivity index (χ4n) is 3.16. The number of fused-ring (bicyclic) bond motifs is 2. The first kappa shape index (κ1) is 12.9. The van der Waals surface area contributed by atoms with Crippen molar-refractivity contribution in [2.45, 2.75) is 6.42 Å². The molecule has 0 atom stereocenters. The topological polar surface area (TPSA) is 20.2 Å². The summed E-state index contributed by atoms with van der Waals surface area (Å²) in [4.78, 5) is 0. The van der Waals surface area contributed by atoms with Crippen LogP contribution in [0.2, 0.25) is 0 Å². The van der Waals surface area contributed by atoms with Gasteiger partial charge in [-0.25, -0.2) is 0 Å². The lowest BCUT2D eigenvalue weighted by Crippen LogP contribution is -1.92. The predicted octanol–water partition coefficient (Wildman–Crippen LogP) is 5.29. The highest BCUT2D eigenvalue weighted by Crippen LogP contribution is 2.34. The molecule has 4 rings (SSSR count). The quantitative estimate of drug-likeness (QED) is 0.496. The van der Waals surface area contributed by atoms with Crippen molar-refractivity contribution in [3.8, 4) is 5.75 Å². The van der Waals surface area contributed by atoms with E-state index in [4.69, 9.17) is 0 Å². The Balaban J connectivity index is 2.05. The van der Waals surface area contributed by atoms with Crippen LogP contribution in [0.25, 0.3) is 21.5 Å². The van der Waals surface area contributed by atoms with Gasteiger partial charge in [0.05, 0.1) is 0 Å². The van der Waals surface area contributed by atoms with Gasteiger partial charge in [-0.2, -0.15) is 0 Å². The Morgan fingerprint density at radius 1 is 0.636 bits per heavy atom. The second kappa shape index (κ2) is 5.19. The fourth-order valence-corrected chi connectivity index (χ4v) is 3.16. The molecule has 0 saturated heterocycles. The van der Waals surface area contributed by atoms with Gasteiger partial charge in [-0.3, -0.25) is 0 Å². The van der Waals surface area contributed by atoms with Crippen LogP contribution in [-0.2, 0) is 6.42 Å². The highest BCUT2D eigenvalue weighted by molar-refractivity contribution is 6.04. The molecule has 0 bridgehead atoms. The summed E-state index contributed by atoms with van der Waals surface area (Å²) in [5.74, 6) is 0.345. The maximum absolute atomic E-state index is 10.2. The summed E-state index contributed by atoms with van der Waals surface area (Å²) in [5.41, 5.74) is 2.55. The highest BCUT2D eigenvalue weighted by atomic mass is 16.3. The van der Waals surface area contributed by atoms with Crippen molar-refractivity contribution in [3.05, 3.63) is 90.0 Å². The third-order valence-electron chi connectivity index (χ3n) is 4.22. The Bertz CT molecular complexity index is 955. The minimum atomic E-state index is 0.345. The summed E-state index contributed by atoms with van der Waals surface area (Å²) in [7, 11) is 0. The average Bonchev–Trinajstić information content (AvgIpc) is 2.57. The van der Waals surface area contributed by atoms with Gasteiger partial charge in [0.15, 0.2) is 0 Å². The molecule has 0 aliphatic rings.